The molecular formula is C14H20N2O3. The van der Waals surface area contributed by atoms with Gasteiger partial charge in [-0.25, -0.2) is 4.79 Å². The summed E-state index contributed by atoms with van der Waals surface area (Å²) in [5.41, 5.74) is 0.571. The molecule has 0 aliphatic carbocycles. The Kier molecular flexibility index (Phi) is 6.02. The van der Waals surface area contributed by atoms with Crippen LogP contribution in [-0.4, -0.2) is 42.0 Å². The molecule has 1 aromatic rings. The zero-order valence-corrected chi connectivity index (χ0v) is 11.3. The quantitative estimate of drug-likeness (QED) is 0.778. The number of aliphatic carboxylic acids is 1. The molecule has 1 rings (SSSR count). The standard InChI is InChI=1S/C14H20N2O3/c1-3-9-16(2)10-12(17)15-13(14(18)19)11-7-5-4-6-8-11/h4-8,13H,3,9-10H2,1-2H3,(H,15,17)(H,18,19)/t13-/m0/s1. The molecule has 5 heteroatoms. The normalized spacial score (nSPS) is 12.2. The van der Waals surface area contributed by atoms with E-state index in [2.05, 4.69) is 5.32 Å². The number of benzene rings is 1. The summed E-state index contributed by atoms with van der Waals surface area (Å²) >= 11 is 0. The first-order valence-electron chi connectivity index (χ1n) is 6.30. The predicted molar refractivity (Wildman–Crippen MR) is 72.7 cm³/mol. The van der Waals surface area contributed by atoms with Gasteiger partial charge in [0.1, 0.15) is 0 Å². The van der Waals surface area contributed by atoms with Crippen molar-refractivity contribution in [3.05, 3.63) is 35.9 Å². The van der Waals surface area contributed by atoms with E-state index in [1.165, 1.54) is 0 Å². The number of rotatable bonds is 7. The number of hydrogen-bond donors (Lipinski definition) is 2. The molecule has 5 nitrogen and oxygen atoms in total. The van der Waals surface area contributed by atoms with Crippen LogP contribution in [0.5, 0.6) is 0 Å². The van der Waals surface area contributed by atoms with Crippen molar-refractivity contribution < 1.29 is 14.7 Å². The maximum atomic E-state index is 11.8. The number of carbonyl (C=O) groups excluding carboxylic acids is 1. The summed E-state index contributed by atoms with van der Waals surface area (Å²) in [6.07, 6.45) is 0.949. The van der Waals surface area contributed by atoms with Gasteiger partial charge in [-0.05, 0) is 25.6 Å². The van der Waals surface area contributed by atoms with Crippen LogP contribution in [0.25, 0.3) is 0 Å². The van der Waals surface area contributed by atoms with Crippen molar-refractivity contribution in [1.29, 1.82) is 0 Å². The lowest BCUT2D eigenvalue weighted by Gasteiger charge is -2.18. The molecule has 0 saturated carbocycles. The molecule has 0 bridgehead atoms. The topological polar surface area (TPSA) is 69.6 Å². The maximum Gasteiger partial charge on any atom is 0.330 e. The van der Waals surface area contributed by atoms with E-state index in [-0.39, 0.29) is 12.5 Å². The first-order chi connectivity index (χ1) is 9.04. The van der Waals surface area contributed by atoms with E-state index in [9.17, 15) is 14.7 Å². The van der Waals surface area contributed by atoms with Crippen LogP contribution in [0, 0.1) is 0 Å². The minimum absolute atomic E-state index is 0.199. The van der Waals surface area contributed by atoms with Crippen molar-refractivity contribution in [2.75, 3.05) is 20.1 Å². The smallest absolute Gasteiger partial charge is 0.330 e. The van der Waals surface area contributed by atoms with E-state index in [4.69, 9.17) is 0 Å². The summed E-state index contributed by atoms with van der Waals surface area (Å²) in [5, 5.41) is 11.7. The molecule has 0 aliphatic heterocycles. The Morgan fingerprint density at radius 3 is 2.47 bits per heavy atom. The van der Waals surface area contributed by atoms with Crippen LogP contribution < -0.4 is 5.32 Å². The first-order valence-corrected chi connectivity index (χ1v) is 6.30. The molecule has 1 aromatic carbocycles. The van der Waals surface area contributed by atoms with E-state index >= 15 is 0 Å². The van der Waals surface area contributed by atoms with Crippen LogP contribution in [-0.2, 0) is 9.59 Å². The zero-order chi connectivity index (χ0) is 14.3. The van der Waals surface area contributed by atoms with Gasteiger partial charge in [0.15, 0.2) is 6.04 Å². The number of amides is 1. The Bertz CT molecular complexity index is 420. The molecular weight excluding hydrogens is 244 g/mol. The molecule has 0 spiro atoms. The first kappa shape index (κ1) is 15.2. The SMILES string of the molecule is CCCN(C)CC(=O)N[C@H](C(=O)O)c1ccccc1. The third-order valence-electron chi connectivity index (χ3n) is 2.70. The fourth-order valence-electron chi connectivity index (χ4n) is 1.85. The average molecular weight is 264 g/mol. The van der Waals surface area contributed by atoms with E-state index in [0.29, 0.717) is 5.56 Å². The Labute approximate surface area is 113 Å². The number of nitrogens with one attached hydrogen (secondary N) is 1. The third-order valence-corrected chi connectivity index (χ3v) is 2.70. The molecule has 0 saturated heterocycles. The summed E-state index contributed by atoms with van der Waals surface area (Å²) in [6.45, 7) is 3.03. The molecule has 2 N–H and O–H groups in total. The fourth-order valence-corrected chi connectivity index (χ4v) is 1.85. The number of carbonyl (C=O) groups is 2. The molecule has 0 radical (unpaired) electrons. The lowest BCUT2D eigenvalue weighted by molar-refractivity contribution is -0.142. The summed E-state index contributed by atoms with van der Waals surface area (Å²) in [4.78, 5) is 24.9. The Morgan fingerprint density at radius 2 is 1.95 bits per heavy atom. The second-order valence-electron chi connectivity index (χ2n) is 4.49. The van der Waals surface area contributed by atoms with Crippen molar-refractivity contribution >= 4 is 11.9 Å². The van der Waals surface area contributed by atoms with Crippen LogP contribution in [0.3, 0.4) is 0 Å². The van der Waals surface area contributed by atoms with Gasteiger partial charge < -0.3 is 10.4 Å². The second-order valence-corrected chi connectivity index (χ2v) is 4.49. The van der Waals surface area contributed by atoms with Crippen molar-refractivity contribution in [3.63, 3.8) is 0 Å². The van der Waals surface area contributed by atoms with E-state index < -0.39 is 12.0 Å². The molecule has 1 atom stereocenters. The lowest BCUT2D eigenvalue weighted by Crippen LogP contribution is -2.40. The summed E-state index contributed by atoms with van der Waals surface area (Å²) in [7, 11) is 1.83. The monoisotopic (exact) mass is 264 g/mol. The van der Waals surface area contributed by atoms with Gasteiger partial charge in [-0.15, -0.1) is 0 Å². The summed E-state index contributed by atoms with van der Waals surface area (Å²) in [5.74, 6) is -1.34. The highest BCUT2D eigenvalue weighted by molar-refractivity contribution is 5.85. The van der Waals surface area contributed by atoms with E-state index in [1.54, 1.807) is 30.3 Å². The van der Waals surface area contributed by atoms with Crippen LogP contribution in [0.4, 0.5) is 0 Å². The zero-order valence-electron chi connectivity index (χ0n) is 11.3. The van der Waals surface area contributed by atoms with Gasteiger partial charge in [0, 0.05) is 0 Å². The number of carboxylic acids is 1. The minimum Gasteiger partial charge on any atom is -0.479 e. The highest BCUT2D eigenvalue weighted by atomic mass is 16.4. The average Bonchev–Trinajstić information content (AvgIpc) is 2.37. The van der Waals surface area contributed by atoms with E-state index in [1.807, 2.05) is 18.9 Å². The summed E-state index contributed by atoms with van der Waals surface area (Å²) < 4.78 is 0. The van der Waals surface area contributed by atoms with Crippen LogP contribution in [0.15, 0.2) is 30.3 Å². The predicted octanol–water partition coefficient (Wildman–Crippen LogP) is 1.27. The molecule has 0 heterocycles. The molecule has 104 valence electrons. The molecule has 0 unspecified atom stereocenters. The van der Waals surface area contributed by atoms with Gasteiger partial charge >= 0.3 is 5.97 Å². The molecule has 0 fully saturated rings. The van der Waals surface area contributed by atoms with Gasteiger partial charge in [-0.3, -0.25) is 9.69 Å². The minimum atomic E-state index is -1.06. The molecule has 0 aliphatic rings. The van der Waals surface area contributed by atoms with Crippen molar-refractivity contribution in [2.24, 2.45) is 0 Å². The third kappa shape index (κ3) is 5.09. The summed E-state index contributed by atoms with van der Waals surface area (Å²) in [6, 6.07) is 7.69. The largest absolute Gasteiger partial charge is 0.479 e. The molecule has 1 amide bonds. The Balaban J connectivity index is 2.65. The van der Waals surface area contributed by atoms with Crippen LogP contribution in [0.2, 0.25) is 0 Å². The van der Waals surface area contributed by atoms with Gasteiger partial charge in [0.2, 0.25) is 5.91 Å². The highest BCUT2D eigenvalue weighted by Gasteiger charge is 2.21. The Hall–Kier alpha value is -1.88. The van der Waals surface area contributed by atoms with E-state index in [0.717, 1.165) is 13.0 Å². The lowest BCUT2D eigenvalue weighted by atomic mass is 10.1. The molecule has 0 aromatic heterocycles. The van der Waals surface area contributed by atoms with Crippen molar-refractivity contribution in [2.45, 2.75) is 19.4 Å². The van der Waals surface area contributed by atoms with Gasteiger partial charge in [0.25, 0.3) is 0 Å². The van der Waals surface area contributed by atoms with Gasteiger partial charge in [-0.1, -0.05) is 37.3 Å². The van der Waals surface area contributed by atoms with Gasteiger partial charge in [-0.2, -0.15) is 0 Å². The number of hydrogen-bond acceptors (Lipinski definition) is 3. The maximum absolute atomic E-state index is 11.8. The number of likely N-dealkylation sites (N-methyl/N-ethyl adjacent to an activating group) is 1. The van der Waals surface area contributed by atoms with Crippen molar-refractivity contribution in [3.8, 4) is 0 Å². The van der Waals surface area contributed by atoms with Crippen LogP contribution >= 0.6 is 0 Å². The van der Waals surface area contributed by atoms with Gasteiger partial charge in [0.05, 0.1) is 6.54 Å². The Morgan fingerprint density at radius 1 is 1.32 bits per heavy atom. The fraction of sp³-hybridized carbons (Fsp3) is 0.429. The highest BCUT2D eigenvalue weighted by Crippen LogP contribution is 2.12. The van der Waals surface area contributed by atoms with Crippen molar-refractivity contribution in [1.82, 2.24) is 10.2 Å². The second kappa shape index (κ2) is 7.53. The van der Waals surface area contributed by atoms with Crippen LogP contribution in [0.1, 0.15) is 24.9 Å². The number of nitrogens with zero attached hydrogens (tertiary/aromatic N) is 1. The molecule has 19 heavy (non-hydrogen) atoms. The number of carboxylic acid groups (broad SMARTS) is 1.